The summed E-state index contributed by atoms with van der Waals surface area (Å²) in [5.74, 6) is 0.0904. The highest BCUT2D eigenvalue weighted by molar-refractivity contribution is 9.10. The third-order valence-electron chi connectivity index (χ3n) is 2.19. The SMILES string of the molecule is CC(C)CNC(=O)CS(=O)c1cc(Br)ccc1N. The van der Waals surface area contributed by atoms with Crippen molar-refractivity contribution < 1.29 is 9.00 Å². The Bertz CT molecular complexity index is 463. The van der Waals surface area contributed by atoms with E-state index in [0.29, 0.717) is 23.0 Å². The van der Waals surface area contributed by atoms with Gasteiger partial charge < -0.3 is 11.1 Å². The Labute approximate surface area is 118 Å². The van der Waals surface area contributed by atoms with Gasteiger partial charge in [0.05, 0.1) is 15.7 Å². The van der Waals surface area contributed by atoms with Crippen LogP contribution in [0.1, 0.15) is 13.8 Å². The van der Waals surface area contributed by atoms with Crippen LogP contribution >= 0.6 is 15.9 Å². The van der Waals surface area contributed by atoms with Gasteiger partial charge in [-0.25, -0.2) is 0 Å². The van der Waals surface area contributed by atoms with Crippen molar-refractivity contribution in [3.63, 3.8) is 0 Å². The minimum atomic E-state index is -1.42. The van der Waals surface area contributed by atoms with Crippen molar-refractivity contribution in [1.29, 1.82) is 0 Å². The number of carbonyl (C=O) groups excluding carboxylic acids is 1. The maximum Gasteiger partial charge on any atom is 0.233 e. The van der Waals surface area contributed by atoms with E-state index in [2.05, 4.69) is 21.2 Å². The number of amides is 1. The predicted molar refractivity (Wildman–Crippen MR) is 77.7 cm³/mol. The van der Waals surface area contributed by atoms with Crippen LogP contribution in [0, 0.1) is 5.92 Å². The molecule has 0 fully saturated rings. The van der Waals surface area contributed by atoms with E-state index in [1.165, 1.54) is 0 Å². The normalized spacial score (nSPS) is 12.4. The second kappa shape index (κ2) is 6.89. The van der Waals surface area contributed by atoms with E-state index in [1.807, 2.05) is 13.8 Å². The van der Waals surface area contributed by atoms with Gasteiger partial charge in [0.1, 0.15) is 5.75 Å². The van der Waals surface area contributed by atoms with Crippen LogP contribution in [0.25, 0.3) is 0 Å². The summed E-state index contributed by atoms with van der Waals surface area (Å²) in [5.41, 5.74) is 6.18. The summed E-state index contributed by atoms with van der Waals surface area (Å²) in [6, 6.07) is 5.12. The number of nitrogens with one attached hydrogen (secondary N) is 1. The summed E-state index contributed by atoms with van der Waals surface area (Å²) >= 11 is 3.29. The number of carbonyl (C=O) groups is 1. The van der Waals surface area contributed by atoms with Crippen molar-refractivity contribution in [1.82, 2.24) is 5.32 Å². The van der Waals surface area contributed by atoms with Gasteiger partial charge in [-0.1, -0.05) is 29.8 Å². The van der Waals surface area contributed by atoms with Crippen LogP contribution in [0.15, 0.2) is 27.6 Å². The van der Waals surface area contributed by atoms with E-state index in [4.69, 9.17) is 5.73 Å². The van der Waals surface area contributed by atoms with E-state index in [9.17, 15) is 9.00 Å². The molecule has 0 saturated carbocycles. The number of hydrogen-bond acceptors (Lipinski definition) is 3. The first-order valence-corrected chi connectivity index (χ1v) is 7.71. The van der Waals surface area contributed by atoms with Crippen LogP contribution in [0.2, 0.25) is 0 Å². The summed E-state index contributed by atoms with van der Waals surface area (Å²) < 4.78 is 12.8. The highest BCUT2D eigenvalue weighted by Gasteiger charge is 2.13. The number of halogens is 1. The summed E-state index contributed by atoms with van der Waals surface area (Å²) in [5, 5.41) is 2.73. The molecule has 4 nitrogen and oxygen atoms in total. The molecule has 6 heteroatoms. The predicted octanol–water partition coefficient (Wildman–Crippen LogP) is 1.91. The number of nitrogens with two attached hydrogens (primary N) is 1. The van der Waals surface area contributed by atoms with Gasteiger partial charge in [-0.3, -0.25) is 9.00 Å². The highest BCUT2D eigenvalue weighted by Crippen LogP contribution is 2.21. The summed E-state index contributed by atoms with van der Waals surface area (Å²) in [7, 11) is -1.42. The quantitative estimate of drug-likeness (QED) is 0.809. The van der Waals surface area contributed by atoms with E-state index < -0.39 is 10.8 Å². The smallest absolute Gasteiger partial charge is 0.233 e. The van der Waals surface area contributed by atoms with Crippen LogP contribution in [0.5, 0.6) is 0 Å². The molecule has 1 aromatic carbocycles. The van der Waals surface area contributed by atoms with Crippen LogP contribution in [-0.4, -0.2) is 22.4 Å². The first kappa shape index (κ1) is 15.2. The number of rotatable bonds is 5. The molecule has 0 aliphatic rings. The fourth-order valence-electron chi connectivity index (χ4n) is 1.27. The van der Waals surface area contributed by atoms with Gasteiger partial charge in [-0.2, -0.15) is 0 Å². The molecule has 3 N–H and O–H groups in total. The minimum absolute atomic E-state index is 0.0621. The number of benzene rings is 1. The fourth-order valence-corrected chi connectivity index (χ4v) is 2.87. The number of anilines is 1. The van der Waals surface area contributed by atoms with Crippen LogP contribution in [0.3, 0.4) is 0 Å². The lowest BCUT2D eigenvalue weighted by molar-refractivity contribution is -0.118. The average Bonchev–Trinajstić information content (AvgIpc) is 2.29. The molecule has 1 amide bonds. The third-order valence-corrected chi connectivity index (χ3v) is 4.05. The molecule has 1 rings (SSSR count). The Morgan fingerprint density at radius 2 is 2.17 bits per heavy atom. The maximum atomic E-state index is 12.0. The van der Waals surface area contributed by atoms with Gasteiger partial charge in [-0.15, -0.1) is 0 Å². The molecule has 0 aliphatic carbocycles. The Hall–Kier alpha value is -0.880. The molecular weight excluding hydrogens is 316 g/mol. The van der Waals surface area contributed by atoms with Gasteiger partial charge >= 0.3 is 0 Å². The standard InChI is InChI=1S/C12H17BrN2O2S/c1-8(2)6-15-12(16)7-18(17)11-5-9(13)3-4-10(11)14/h3-5,8H,6-7,14H2,1-2H3,(H,15,16). The Morgan fingerprint density at radius 1 is 1.50 bits per heavy atom. The zero-order valence-corrected chi connectivity index (χ0v) is 12.8. The van der Waals surface area contributed by atoms with Crippen molar-refractivity contribution in [2.75, 3.05) is 18.0 Å². The minimum Gasteiger partial charge on any atom is -0.398 e. The molecule has 1 atom stereocenters. The molecule has 18 heavy (non-hydrogen) atoms. The number of nitrogen functional groups attached to an aromatic ring is 1. The van der Waals surface area contributed by atoms with Gasteiger partial charge in [0, 0.05) is 16.7 Å². The number of hydrogen-bond donors (Lipinski definition) is 2. The van der Waals surface area contributed by atoms with Crippen LogP contribution < -0.4 is 11.1 Å². The average molecular weight is 333 g/mol. The van der Waals surface area contributed by atoms with E-state index in [1.54, 1.807) is 18.2 Å². The fraction of sp³-hybridized carbons (Fsp3) is 0.417. The van der Waals surface area contributed by atoms with E-state index >= 15 is 0 Å². The second-order valence-corrected chi connectivity index (χ2v) is 6.71. The van der Waals surface area contributed by atoms with E-state index in [0.717, 1.165) is 4.47 Å². The van der Waals surface area contributed by atoms with Crippen molar-refractivity contribution in [3.05, 3.63) is 22.7 Å². The molecule has 0 heterocycles. The maximum absolute atomic E-state index is 12.0. The zero-order valence-electron chi connectivity index (χ0n) is 10.4. The summed E-state index contributed by atoms with van der Waals surface area (Å²) in [6.45, 7) is 4.59. The molecule has 0 saturated heterocycles. The molecular formula is C12H17BrN2O2S. The highest BCUT2D eigenvalue weighted by atomic mass is 79.9. The van der Waals surface area contributed by atoms with Gasteiger partial charge in [0.15, 0.2) is 0 Å². The first-order valence-electron chi connectivity index (χ1n) is 5.60. The lowest BCUT2D eigenvalue weighted by Gasteiger charge is -2.09. The molecule has 0 aromatic heterocycles. The largest absolute Gasteiger partial charge is 0.398 e. The van der Waals surface area contributed by atoms with Gasteiger partial charge in [-0.05, 0) is 24.1 Å². The van der Waals surface area contributed by atoms with Crippen molar-refractivity contribution in [3.8, 4) is 0 Å². The molecule has 0 aliphatic heterocycles. The van der Waals surface area contributed by atoms with Gasteiger partial charge in [0.2, 0.25) is 5.91 Å². The Kier molecular flexibility index (Phi) is 5.81. The second-order valence-electron chi connectivity index (χ2n) is 4.37. The zero-order chi connectivity index (χ0) is 13.7. The molecule has 1 unspecified atom stereocenters. The molecule has 0 spiro atoms. The van der Waals surface area contributed by atoms with Crippen LogP contribution in [0.4, 0.5) is 5.69 Å². The third kappa shape index (κ3) is 4.78. The molecule has 1 aromatic rings. The lowest BCUT2D eigenvalue weighted by Crippen LogP contribution is -2.31. The van der Waals surface area contributed by atoms with E-state index in [-0.39, 0.29) is 11.7 Å². The molecule has 0 bridgehead atoms. The first-order chi connectivity index (χ1) is 8.40. The van der Waals surface area contributed by atoms with Crippen molar-refractivity contribution in [2.24, 2.45) is 5.92 Å². The Morgan fingerprint density at radius 3 is 2.78 bits per heavy atom. The summed E-state index contributed by atoms with van der Waals surface area (Å²) in [6.07, 6.45) is 0. The van der Waals surface area contributed by atoms with Crippen molar-refractivity contribution in [2.45, 2.75) is 18.7 Å². The van der Waals surface area contributed by atoms with Gasteiger partial charge in [0.25, 0.3) is 0 Å². The summed E-state index contributed by atoms with van der Waals surface area (Å²) in [4.78, 5) is 12.1. The molecule has 0 radical (unpaired) electrons. The monoisotopic (exact) mass is 332 g/mol. The topological polar surface area (TPSA) is 72.2 Å². The van der Waals surface area contributed by atoms with Crippen molar-refractivity contribution >= 4 is 38.3 Å². The molecule has 100 valence electrons. The lowest BCUT2D eigenvalue weighted by atomic mass is 10.2. The van der Waals surface area contributed by atoms with Crippen LogP contribution in [-0.2, 0) is 15.6 Å². The Balaban J connectivity index is 2.65.